The molecule has 0 aliphatic carbocycles. The Hall–Kier alpha value is -1.32. The maximum absolute atomic E-state index is 5.42. The van der Waals surface area contributed by atoms with Crippen LogP contribution in [0.15, 0.2) is 53.0 Å². The number of hydrogen-bond donors (Lipinski definition) is 0. The van der Waals surface area contributed by atoms with E-state index in [1.807, 2.05) is 12.1 Å². The fraction of sp³-hybridized carbons (Fsp3) is 0.200. The molecule has 0 saturated heterocycles. The molecule has 0 radical (unpaired) electrons. The van der Waals surface area contributed by atoms with Crippen LogP contribution in [0.25, 0.3) is 0 Å². The highest BCUT2D eigenvalue weighted by Gasteiger charge is 2.03. The van der Waals surface area contributed by atoms with Crippen molar-refractivity contribution in [2.24, 2.45) is 0 Å². The fourth-order valence-corrected chi connectivity index (χ4v) is 2.27. The van der Waals surface area contributed by atoms with Crippen LogP contribution in [0.2, 0.25) is 0 Å². The van der Waals surface area contributed by atoms with Crippen LogP contribution in [-0.2, 0) is 11.2 Å². The third kappa shape index (κ3) is 3.59. The topological polar surface area (TPSA) is 18.5 Å². The Morgan fingerprint density at radius 1 is 1.00 bits per heavy atom. The van der Waals surface area contributed by atoms with Crippen LogP contribution in [0, 0.1) is 0 Å². The van der Waals surface area contributed by atoms with Crippen molar-refractivity contribution >= 4 is 15.9 Å². The van der Waals surface area contributed by atoms with Gasteiger partial charge in [0.05, 0.1) is 4.47 Å². The van der Waals surface area contributed by atoms with Gasteiger partial charge in [-0.15, -0.1) is 0 Å². The first-order valence-corrected chi connectivity index (χ1v) is 6.53. The van der Waals surface area contributed by atoms with Crippen LogP contribution >= 0.6 is 15.9 Å². The van der Waals surface area contributed by atoms with Crippen molar-refractivity contribution in [3.8, 4) is 5.75 Å². The lowest BCUT2D eigenvalue weighted by atomic mass is 10.1. The number of halogens is 1. The summed E-state index contributed by atoms with van der Waals surface area (Å²) < 4.78 is 11.3. The Morgan fingerprint density at radius 2 is 1.78 bits per heavy atom. The van der Waals surface area contributed by atoms with E-state index in [1.165, 1.54) is 11.1 Å². The first-order chi connectivity index (χ1) is 8.79. The third-order valence-electron chi connectivity index (χ3n) is 2.58. The van der Waals surface area contributed by atoms with Gasteiger partial charge in [0, 0.05) is 7.11 Å². The van der Waals surface area contributed by atoms with E-state index in [0.717, 1.165) is 16.6 Å². The predicted octanol–water partition coefficient (Wildman–Crippen LogP) is 4.02. The van der Waals surface area contributed by atoms with Gasteiger partial charge >= 0.3 is 0 Å². The summed E-state index contributed by atoms with van der Waals surface area (Å²) in [7, 11) is 1.61. The molecule has 2 aromatic rings. The van der Waals surface area contributed by atoms with Crippen LogP contribution in [0.3, 0.4) is 0 Å². The molecule has 0 N–H and O–H groups in total. The first kappa shape index (κ1) is 13.1. The summed E-state index contributed by atoms with van der Waals surface area (Å²) >= 11 is 3.51. The SMILES string of the molecule is COCOc1ccc(Cc2ccccc2)cc1Br. The molecule has 2 rings (SSSR count). The van der Waals surface area contributed by atoms with E-state index in [2.05, 4.69) is 52.3 Å². The second-order valence-corrected chi connectivity index (χ2v) is 4.83. The maximum atomic E-state index is 5.42. The molecule has 0 heterocycles. The van der Waals surface area contributed by atoms with E-state index in [-0.39, 0.29) is 6.79 Å². The molecule has 3 heteroatoms. The van der Waals surface area contributed by atoms with Crippen molar-refractivity contribution in [3.05, 3.63) is 64.1 Å². The van der Waals surface area contributed by atoms with Crippen LogP contribution in [0.5, 0.6) is 5.75 Å². The Kier molecular flexibility index (Phi) is 4.79. The number of ether oxygens (including phenoxy) is 2. The van der Waals surface area contributed by atoms with Gasteiger partial charge in [0.1, 0.15) is 5.75 Å². The molecule has 18 heavy (non-hydrogen) atoms. The molecule has 0 unspecified atom stereocenters. The molecule has 94 valence electrons. The summed E-state index contributed by atoms with van der Waals surface area (Å²) in [6.07, 6.45) is 0.921. The van der Waals surface area contributed by atoms with Crippen molar-refractivity contribution < 1.29 is 9.47 Å². The zero-order valence-corrected chi connectivity index (χ0v) is 11.8. The second kappa shape index (κ2) is 6.57. The van der Waals surface area contributed by atoms with Crippen LogP contribution in [0.4, 0.5) is 0 Å². The average Bonchev–Trinajstić information content (AvgIpc) is 2.39. The van der Waals surface area contributed by atoms with Gasteiger partial charge < -0.3 is 9.47 Å². The highest BCUT2D eigenvalue weighted by Crippen LogP contribution is 2.27. The molecular formula is C15H15BrO2. The van der Waals surface area contributed by atoms with Gasteiger partial charge in [-0.3, -0.25) is 0 Å². The molecule has 0 aliphatic rings. The van der Waals surface area contributed by atoms with Crippen molar-refractivity contribution in [1.82, 2.24) is 0 Å². The molecule has 2 nitrogen and oxygen atoms in total. The van der Waals surface area contributed by atoms with Gasteiger partial charge in [0.25, 0.3) is 0 Å². The standard InChI is InChI=1S/C15H15BrO2/c1-17-11-18-15-8-7-13(10-14(15)16)9-12-5-3-2-4-6-12/h2-8,10H,9,11H2,1H3. The van der Waals surface area contributed by atoms with Crippen LogP contribution in [-0.4, -0.2) is 13.9 Å². The number of rotatable bonds is 5. The zero-order chi connectivity index (χ0) is 12.8. The average molecular weight is 307 g/mol. The monoisotopic (exact) mass is 306 g/mol. The Labute approximate surface area is 116 Å². The van der Waals surface area contributed by atoms with Gasteiger partial charge in [0.2, 0.25) is 0 Å². The third-order valence-corrected chi connectivity index (χ3v) is 3.20. The molecular weight excluding hydrogens is 292 g/mol. The Balaban J connectivity index is 2.09. The van der Waals surface area contributed by atoms with E-state index in [0.29, 0.717) is 0 Å². The van der Waals surface area contributed by atoms with Crippen molar-refractivity contribution in [3.63, 3.8) is 0 Å². The summed E-state index contributed by atoms with van der Waals surface area (Å²) in [5, 5.41) is 0. The molecule has 0 aromatic heterocycles. The van der Waals surface area contributed by atoms with E-state index < -0.39 is 0 Å². The van der Waals surface area contributed by atoms with Gasteiger partial charge in [-0.05, 0) is 45.6 Å². The lowest BCUT2D eigenvalue weighted by Crippen LogP contribution is -1.99. The second-order valence-electron chi connectivity index (χ2n) is 3.98. The molecule has 2 aromatic carbocycles. The minimum Gasteiger partial charge on any atom is -0.466 e. The summed E-state index contributed by atoms with van der Waals surface area (Å²) in [6.45, 7) is 0.261. The molecule has 0 saturated carbocycles. The highest BCUT2D eigenvalue weighted by atomic mass is 79.9. The van der Waals surface area contributed by atoms with Crippen molar-refractivity contribution in [1.29, 1.82) is 0 Å². The predicted molar refractivity (Wildman–Crippen MR) is 75.9 cm³/mol. The summed E-state index contributed by atoms with van der Waals surface area (Å²) in [6, 6.07) is 16.5. The number of methoxy groups -OCH3 is 1. The molecule has 0 fully saturated rings. The molecule has 0 atom stereocenters. The van der Waals surface area contributed by atoms with E-state index in [4.69, 9.17) is 9.47 Å². The summed E-state index contributed by atoms with van der Waals surface area (Å²) in [5.41, 5.74) is 2.55. The molecule has 0 bridgehead atoms. The minimum absolute atomic E-state index is 0.261. The van der Waals surface area contributed by atoms with Crippen molar-refractivity contribution in [2.45, 2.75) is 6.42 Å². The van der Waals surface area contributed by atoms with Crippen LogP contribution < -0.4 is 4.74 Å². The smallest absolute Gasteiger partial charge is 0.188 e. The maximum Gasteiger partial charge on any atom is 0.188 e. The quantitative estimate of drug-likeness (QED) is 0.777. The van der Waals surface area contributed by atoms with Crippen molar-refractivity contribution in [2.75, 3.05) is 13.9 Å². The zero-order valence-electron chi connectivity index (χ0n) is 10.2. The van der Waals surface area contributed by atoms with E-state index in [9.17, 15) is 0 Å². The summed E-state index contributed by atoms with van der Waals surface area (Å²) in [4.78, 5) is 0. The van der Waals surface area contributed by atoms with Gasteiger partial charge in [0.15, 0.2) is 6.79 Å². The summed E-state index contributed by atoms with van der Waals surface area (Å²) in [5.74, 6) is 0.800. The van der Waals surface area contributed by atoms with Gasteiger partial charge in [-0.2, -0.15) is 0 Å². The molecule has 0 amide bonds. The Bertz CT molecular complexity index is 497. The van der Waals surface area contributed by atoms with Gasteiger partial charge in [-0.1, -0.05) is 36.4 Å². The van der Waals surface area contributed by atoms with Gasteiger partial charge in [-0.25, -0.2) is 0 Å². The molecule has 0 spiro atoms. The number of hydrogen-bond acceptors (Lipinski definition) is 2. The fourth-order valence-electron chi connectivity index (χ4n) is 1.73. The minimum atomic E-state index is 0.261. The van der Waals surface area contributed by atoms with E-state index >= 15 is 0 Å². The highest BCUT2D eigenvalue weighted by molar-refractivity contribution is 9.10. The van der Waals surface area contributed by atoms with Crippen LogP contribution in [0.1, 0.15) is 11.1 Å². The number of benzene rings is 2. The first-order valence-electron chi connectivity index (χ1n) is 5.73. The largest absolute Gasteiger partial charge is 0.466 e. The lowest BCUT2D eigenvalue weighted by molar-refractivity contribution is 0.0506. The van der Waals surface area contributed by atoms with E-state index in [1.54, 1.807) is 7.11 Å². The normalized spacial score (nSPS) is 10.3. The lowest BCUT2D eigenvalue weighted by Gasteiger charge is -2.09. The molecule has 0 aliphatic heterocycles. The Morgan fingerprint density at radius 3 is 2.44 bits per heavy atom.